The second kappa shape index (κ2) is 7.54. The Morgan fingerprint density at radius 2 is 1.96 bits per heavy atom. The zero-order valence-electron chi connectivity index (χ0n) is 15.1. The summed E-state index contributed by atoms with van der Waals surface area (Å²) >= 11 is 7.56. The number of benzene rings is 1. The van der Waals surface area contributed by atoms with Crippen molar-refractivity contribution in [3.63, 3.8) is 0 Å². The van der Waals surface area contributed by atoms with E-state index in [9.17, 15) is 9.59 Å². The van der Waals surface area contributed by atoms with Crippen LogP contribution in [0.4, 0.5) is 5.00 Å². The van der Waals surface area contributed by atoms with Gasteiger partial charge in [0.1, 0.15) is 22.0 Å². The third kappa shape index (κ3) is 3.48. The molecule has 2 aromatic heterocycles. The monoisotopic (exact) mass is 403 g/mol. The second-order valence-electron chi connectivity index (χ2n) is 5.96. The number of carbonyl (C=O) groups excluding carboxylic acids is 2. The lowest BCUT2D eigenvalue weighted by molar-refractivity contribution is 0.100. The molecule has 0 fully saturated rings. The van der Waals surface area contributed by atoms with Gasteiger partial charge in [0, 0.05) is 10.4 Å². The number of nitrogens with one attached hydrogen (secondary N) is 1. The van der Waals surface area contributed by atoms with Crippen LogP contribution in [0.2, 0.25) is 5.02 Å². The van der Waals surface area contributed by atoms with Crippen molar-refractivity contribution in [3.8, 4) is 11.3 Å². The van der Waals surface area contributed by atoms with E-state index in [1.165, 1.54) is 11.3 Å². The van der Waals surface area contributed by atoms with E-state index in [1.807, 2.05) is 13.8 Å². The Morgan fingerprint density at radius 1 is 1.26 bits per heavy atom. The van der Waals surface area contributed by atoms with Crippen molar-refractivity contribution in [2.75, 3.05) is 5.32 Å². The van der Waals surface area contributed by atoms with Gasteiger partial charge < -0.3 is 15.6 Å². The van der Waals surface area contributed by atoms with Crippen LogP contribution in [0.1, 0.15) is 43.8 Å². The molecule has 8 heteroatoms. The molecule has 2 amide bonds. The van der Waals surface area contributed by atoms with Gasteiger partial charge in [-0.3, -0.25) is 9.59 Å². The maximum absolute atomic E-state index is 13.0. The highest BCUT2D eigenvalue weighted by Gasteiger charge is 2.26. The predicted molar refractivity (Wildman–Crippen MR) is 107 cm³/mol. The number of aromatic nitrogens is 1. The molecule has 3 N–H and O–H groups in total. The first-order chi connectivity index (χ1) is 12.8. The molecular formula is C19H18ClN3O3S. The molecule has 1 aromatic carbocycles. The van der Waals surface area contributed by atoms with Gasteiger partial charge in [0.15, 0.2) is 0 Å². The van der Waals surface area contributed by atoms with E-state index in [-0.39, 0.29) is 5.56 Å². The predicted octanol–water partition coefficient (Wildman–Crippen LogP) is 4.59. The first-order valence-corrected chi connectivity index (χ1v) is 9.49. The highest BCUT2D eigenvalue weighted by Crippen LogP contribution is 2.35. The standard InChI is InChI=1S/C19H18ClN3O3S/c1-4-11-10(3)27-19(15(11)17(21)24)22-18(25)14-9(2)26-23-16(14)12-7-5-6-8-13(12)20/h5-8H,4H2,1-3H3,(H2,21,24)(H,22,25). The van der Waals surface area contributed by atoms with Gasteiger partial charge in [-0.1, -0.05) is 41.9 Å². The number of halogens is 1. The number of anilines is 1. The molecular weight excluding hydrogens is 386 g/mol. The Morgan fingerprint density at radius 3 is 2.59 bits per heavy atom. The third-order valence-electron chi connectivity index (χ3n) is 4.25. The molecule has 0 saturated heterocycles. The lowest BCUT2D eigenvalue weighted by atomic mass is 10.0. The molecule has 3 rings (SSSR count). The van der Waals surface area contributed by atoms with E-state index in [1.54, 1.807) is 31.2 Å². The molecule has 27 heavy (non-hydrogen) atoms. The van der Waals surface area contributed by atoms with Gasteiger partial charge in [-0.25, -0.2) is 0 Å². The molecule has 0 radical (unpaired) electrons. The maximum atomic E-state index is 13.0. The van der Waals surface area contributed by atoms with E-state index in [0.717, 1.165) is 10.4 Å². The number of carbonyl (C=O) groups is 2. The first-order valence-electron chi connectivity index (χ1n) is 8.29. The fourth-order valence-electron chi connectivity index (χ4n) is 3.00. The van der Waals surface area contributed by atoms with Crippen molar-refractivity contribution in [1.82, 2.24) is 5.16 Å². The van der Waals surface area contributed by atoms with Gasteiger partial charge in [-0.15, -0.1) is 11.3 Å². The van der Waals surface area contributed by atoms with Crippen LogP contribution in [0.3, 0.4) is 0 Å². The van der Waals surface area contributed by atoms with Gasteiger partial charge in [-0.2, -0.15) is 0 Å². The molecule has 0 aliphatic rings. The fourth-order valence-corrected chi connectivity index (χ4v) is 4.37. The summed E-state index contributed by atoms with van der Waals surface area (Å²) in [6, 6.07) is 7.06. The lowest BCUT2D eigenvalue weighted by Crippen LogP contribution is -2.18. The molecule has 0 atom stereocenters. The normalized spacial score (nSPS) is 10.8. The molecule has 0 aliphatic carbocycles. The summed E-state index contributed by atoms with van der Waals surface area (Å²) in [6.45, 7) is 5.48. The zero-order valence-corrected chi connectivity index (χ0v) is 16.6. The highest BCUT2D eigenvalue weighted by molar-refractivity contribution is 7.16. The van der Waals surface area contributed by atoms with E-state index >= 15 is 0 Å². The number of nitrogens with two attached hydrogens (primary N) is 1. The maximum Gasteiger partial charge on any atom is 0.262 e. The van der Waals surface area contributed by atoms with Crippen molar-refractivity contribution < 1.29 is 14.1 Å². The number of aryl methyl sites for hydroxylation is 2. The van der Waals surface area contributed by atoms with Crippen molar-refractivity contribution in [2.24, 2.45) is 5.73 Å². The van der Waals surface area contributed by atoms with Gasteiger partial charge in [0.2, 0.25) is 0 Å². The van der Waals surface area contributed by atoms with Crippen LogP contribution in [0.5, 0.6) is 0 Å². The van der Waals surface area contributed by atoms with E-state index in [0.29, 0.717) is 39.0 Å². The smallest absolute Gasteiger partial charge is 0.262 e. The number of hydrogen-bond donors (Lipinski definition) is 2. The van der Waals surface area contributed by atoms with Crippen LogP contribution >= 0.6 is 22.9 Å². The molecule has 6 nitrogen and oxygen atoms in total. The van der Waals surface area contributed by atoms with Gasteiger partial charge in [0.05, 0.1) is 10.6 Å². The minimum Gasteiger partial charge on any atom is -0.365 e. The first kappa shape index (κ1) is 19.1. The molecule has 0 unspecified atom stereocenters. The summed E-state index contributed by atoms with van der Waals surface area (Å²) in [4.78, 5) is 25.8. The number of amides is 2. The second-order valence-corrected chi connectivity index (χ2v) is 7.59. The number of primary amides is 1. The Kier molecular flexibility index (Phi) is 5.34. The van der Waals surface area contributed by atoms with E-state index < -0.39 is 11.8 Å². The van der Waals surface area contributed by atoms with Crippen molar-refractivity contribution in [3.05, 3.63) is 56.6 Å². The average molecular weight is 404 g/mol. The van der Waals surface area contributed by atoms with Crippen LogP contribution in [0.15, 0.2) is 28.8 Å². The van der Waals surface area contributed by atoms with E-state index in [2.05, 4.69) is 10.5 Å². The van der Waals surface area contributed by atoms with Crippen LogP contribution in [-0.4, -0.2) is 17.0 Å². The SMILES string of the molecule is CCc1c(C)sc(NC(=O)c2c(-c3ccccc3Cl)noc2C)c1C(N)=O. The van der Waals surface area contributed by atoms with E-state index in [4.69, 9.17) is 21.9 Å². The van der Waals surface area contributed by atoms with Crippen LogP contribution in [0.25, 0.3) is 11.3 Å². The zero-order chi connectivity index (χ0) is 19.7. The molecule has 0 bridgehead atoms. The molecule has 2 heterocycles. The number of thiophene rings is 1. The topological polar surface area (TPSA) is 98.2 Å². The molecule has 3 aromatic rings. The quantitative estimate of drug-likeness (QED) is 0.650. The van der Waals surface area contributed by atoms with Crippen LogP contribution < -0.4 is 11.1 Å². The van der Waals surface area contributed by atoms with Crippen molar-refractivity contribution >= 4 is 39.8 Å². The minimum absolute atomic E-state index is 0.266. The fraction of sp³-hybridized carbons (Fsp3) is 0.211. The largest absolute Gasteiger partial charge is 0.365 e. The highest BCUT2D eigenvalue weighted by atomic mass is 35.5. The summed E-state index contributed by atoms with van der Waals surface area (Å²) in [5, 5.41) is 7.67. The van der Waals surface area contributed by atoms with Gasteiger partial charge in [0.25, 0.3) is 11.8 Å². The third-order valence-corrected chi connectivity index (χ3v) is 5.65. The molecule has 0 aliphatic heterocycles. The summed E-state index contributed by atoms with van der Waals surface area (Å²) in [5.41, 5.74) is 7.93. The Balaban J connectivity index is 2.04. The Hall–Kier alpha value is -2.64. The Labute approximate surface area is 165 Å². The molecule has 0 saturated carbocycles. The number of nitrogens with zero attached hydrogens (tertiary/aromatic N) is 1. The van der Waals surface area contributed by atoms with Crippen LogP contribution in [0, 0.1) is 13.8 Å². The van der Waals surface area contributed by atoms with Crippen LogP contribution in [-0.2, 0) is 6.42 Å². The summed E-state index contributed by atoms with van der Waals surface area (Å²) < 4.78 is 5.23. The molecule has 140 valence electrons. The lowest BCUT2D eigenvalue weighted by Gasteiger charge is -2.07. The number of rotatable bonds is 5. The minimum atomic E-state index is -0.570. The molecule has 0 spiro atoms. The number of hydrogen-bond acceptors (Lipinski definition) is 5. The van der Waals surface area contributed by atoms with Crippen molar-refractivity contribution in [1.29, 1.82) is 0 Å². The summed E-state index contributed by atoms with van der Waals surface area (Å²) in [5.74, 6) is -0.651. The summed E-state index contributed by atoms with van der Waals surface area (Å²) in [6.07, 6.45) is 0.646. The average Bonchev–Trinajstić information content (AvgIpc) is 3.14. The van der Waals surface area contributed by atoms with Gasteiger partial charge >= 0.3 is 0 Å². The summed E-state index contributed by atoms with van der Waals surface area (Å²) in [7, 11) is 0. The van der Waals surface area contributed by atoms with Crippen molar-refractivity contribution in [2.45, 2.75) is 27.2 Å². The van der Waals surface area contributed by atoms with Gasteiger partial charge in [-0.05, 0) is 31.9 Å². The Bertz CT molecular complexity index is 1040.